The molecule has 1 aliphatic heterocycles. The van der Waals surface area contributed by atoms with Crippen molar-refractivity contribution in [3.05, 3.63) is 124 Å². The van der Waals surface area contributed by atoms with Crippen LogP contribution < -0.4 is 5.32 Å². The maximum Gasteiger partial charge on any atom is 0.416 e. The van der Waals surface area contributed by atoms with Gasteiger partial charge in [0.1, 0.15) is 0 Å². The Morgan fingerprint density at radius 2 is 1.64 bits per heavy atom. The summed E-state index contributed by atoms with van der Waals surface area (Å²) in [6.07, 6.45) is -3.49. The van der Waals surface area contributed by atoms with E-state index in [0.29, 0.717) is 46.9 Å². The van der Waals surface area contributed by atoms with Crippen molar-refractivity contribution in [1.82, 2.24) is 4.90 Å². The number of anilines is 1. The van der Waals surface area contributed by atoms with E-state index in [0.717, 1.165) is 28.8 Å². The van der Waals surface area contributed by atoms with Crippen LogP contribution in [-0.4, -0.2) is 23.3 Å². The van der Waals surface area contributed by atoms with Gasteiger partial charge in [0.2, 0.25) is 5.91 Å². The second kappa shape index (κ2) is 10.9. The van der Waals surface area contributed by atoms with E-state index >= 15 is 0 Å². The SMILES string of the molecule is O=C(Nc1ccc2c(c1)CCN(C(=O)Cc1cccc(Cl)c1)C2)c1ccccc1-c1ccc(C(F)(F)F)cc1. The number of alkyl halides is 3. The van der Waals surface area contributed by atoms with Crippen LogP contribution in [0.4, 0.5) is 18.9 Å². The van der Waals surface area contributed by atoms with Crippen LogP contribution in [0.25, 0.3) is 11.1 Å². The summed E-state index contributed by atoms with van der Waals surface area (Å²) < 4.78 is 38.9. The number of amides is 2. The summed E-state index contributed by atoms with van der Waals surface area (Å²) in [6, 6.07) is 24.4. The molecule has 1 aliphatic rings. The van der Waals surface area contributed by atoms with E-state index in [-0.39, 0.29) is 18.2 Å². The molecule has 5 rings (SSSR count). The highest BCUT2D eigenvalue weighted by molar-refractivity contribution is 6.30. The molecule has 0 atom stereocenters. The van der Waals surface area contributed by atoms with Gasteiger partial charge in [-0.2, -0.15) is 13.2 Å². The molecule has 0 unspecified atom stereocenters. The lowest BCUT2D eigenvalue weighted by molar-refractivity contribution is -0.137. The molecule has 0 aromatic heterocycles. The number of hydrogen-bond donors (Lipinski definition) is 1. The highest BCUT2D eigenvalue weighted by Crippen LogP contribution is 2.32. The summed E-state index contributed by atoms with van der Waals surface area (Å²) in [5.41, 5.74) is 4.21. The van der Waals surface area contributed by atoms with Gasteiger partial charge in [0, 0.05) is 29.4 Å². The van der Waals surface area contributed by atoms with Crippen molar-refractivity contribution < 1.29 is 22.8 Å². The zero-order valence-corrected chi connectivity index (χ0v) is 21.5. The average molecular weight is 549 g/mol. The van der Waals surface area contributed by atoms with E-state index in [1.165, 1.54) is 12.1 Å². The van der Waals surface area contributed by atoms with Gasteiger partial charge in [-0.05, 0) is 76.7 Å². The molecule has 4 nitrogen and oxygen atoms in total. The second-order valence-electron chi connectivity index (χ2n) is 9.43. The lowest BCUT2D eigenvalue weighted by Gasteiger charge is -2.29. The monoisotopic (exact) mass is 548 g/mol. The fourth-order valence-corrected chi connectivity index (χ4v) is 4.96. The molecule has 198 valence electrons. The van der Waals surface area contributed by atoms with E-state index in [1.807, 2.05) is 29.2 Å². The average Bonchev–Trinajstić information content (AvgIpc) is 2.92. The Morgan fingerprint density at radius 3 is 2.38 bits per heavy atom. The first-order valence-corrected chi connectivity index (χ1v) is 12.8. The van der Waals surface area contributed by atoms with Crippen LogP contribution in [0.5, 0.6) is 0 Å². The van der Waals surface area contributed by atoms with E-state index in [4.69, 9.17) is 11.6 Å². The van der Waals surface area contributed by atoms with Gasteiger partial charge in [-0.25, -0.2) is 0 Å². The smallest absolute Gasteiger partial charge is 0.338 e. The summed E-state index contributed by atoms with van der Waals surface area (Å²) in [5, 5.41) is 3.51. The van der Waals surface area contributed by atoms with Gasteiger partial charge in [-0.15, -0.1) is 0 Å². The van der Waals surface area contributed by atoms with Crippen LogP contribution in [0, 0.1) is 0 Å². The highest BCUT2D eigenvalue weighted by atomic mass is 35.5. The van der Waals surface area contributed by atoms with E-state index in [1.54, 1.807) is 42.5 Å². The van der Waals surface area contributed by atoms with Gasteiger partial charge < -0.3 is 10.2 Å². The molecular weight excluding hydrogens is 525 g/mol. The quantitative estimate of drug-likeness (QED) is 0.282. The van der Waals surface area contributed by atoms with Crippen LogP contribution in [0.3, 0.4) is 0 Å². The number of rotatable bonds is 5. The van der Waals surface area contributed by atoms with Crippen LogP contribution in [0.2, 0.25) is 5.02 Å². The minimum absolute atomic E-state index is 0.0279. The Hall–Kier alpha value is -4.10. The van der Waals surface area contributed by atoms with E-state index in [9.17, 15) is 22.8 Å². The number of carbonyl (C=O) groups is 2. The third kappa shape index (κ3) is 6.15. The van der Waals surface area contributed by atoms with Gasteiger partial charge in [-0.3, -0.25) is 9.59 Å². The lowest BCUT2D eigenvalue weighted by atomic mass is 9.97. The van der Waals surface area contributed by atoms with Crippen LogP contribution in [-0.2, 0) is 30.4 Å². The maximum absolute atomic E-state index is 13.2. The van der Waals surface area contributed by atoms with E-state index in [2.05, 4.69) is 5.32 Å². The fourth-order valence-electron chi connectivity index (χ4n) is 4.75. The molecule has 2 amide bonds. The first kappa shape index (κ1) is 26.5. The number of benzene rings is 4. The highest BCUT2D eigenvalue weighted by Gasteiger charge is 2.30. The Bertz CT molecular complexity index is 1530. The minimum atomic E-state index is -4.43. The Balaban J connectivity index is 1.28. The summed E-state index contributed by atoms with van der Waals surface area (Å²) in [6.45, 7) is 1.06. The van der Waals surface area contributed by atoms with Crippen molar-refractivity contribution >= 4 is 29.1 Å². The van der Waals surface area contributed by atoms with Crippen LogP contribution in [0.1, 0.15) is 32.6 Å². The standard InChI is InChI=1S/C31H24ClF3N2O2/c32-25-5-3-4-20(16-25)17-29(38)37-15-14-22-18-26(13-10-23(22)19-37)36-30(39)28-7-2-1-6-27(28)21-8-11-24(12-9-21)31(33,34)35/h1-13,16,18H,14-15,17,19H2,(H,36,39). The Kier molecular flexibility index (Phi) is 7.44. The third-order valence-corrected chi connectivity index (χ3v) is 7.00. The molecule has 39 heavy (non-hydrogen) atoms. The number of carbonyl (C=O) groups excluding carboxylic acids is 2. The first-order valence-electron chi connectivity index (χ1n) is 12.4. The van der Waals surface area contributed by atoms with Gasteiger partial charge >= 0.3 is 6.18 Å². The van der Waals surface area contributed by atoms with Gasteiger partial charge in [0.25, 0.3) is 5.91 Å². The van der Waals surface area contributed by atoms with Crippen molar-refractivity contribution in [3.63, 3.8) is 0 Å². The largest absolute Gasteiger partial charge is 0.416 e. The normalized spacial score (nSPS) is 13.1. The fraction of sp³-hybridized carbons (Fsp3) is 0.161. The third-order valence-electron chi connectivity index (χ3n) is 6.77. The Morgan fingerprint density at radius 1 is 0.872 bits per heavy atom. The van der Waals surface area contributed by atoms with Crippen molar-refractivity contribution in [3.8, 4) is 11.1 Å². The predicted molar refractivity (Wildman–Crippen MR) is 146 cm³/mol. The molecule has 0 aliphatic carbocycles. The topological polar surface area (TPSA) is 49.4 Å². The zero-order valence-electron chi connectivity index (χ0n) is 20.8. The Labute approximate surface area is 229 Å². The van der Waals surface area contributed by atoms with Gasteiger partial charge in [0.05, 0.1) is 12.0 Å². The molecule has 8 heteroatoms. The molecule has 4 aromatic carbocycles. The maximum atomic E-state index is 13.2. The number of fused-ring (bicyclic) bond motifs is 1. The molecule has 0 radical (unpaired) electrons. The number of nitrogens with one attached hydrogen (secondary N) is 1. The second-order valence-corrected chi connectivity index (χ2v) is 9.87. The predicted octanol–water partition coefficient (Wildman–Crippen LogP) is 7.41. The summed E-state index contributed by atoms with van der Waals surface area (Å²) >= 11 is 6.04. The molecule has 0 saturated heterocycles. The molecule has 0 spiro atoms. The number of halogens is 4. The molecule has 1 N–H and O–H groups in total. The van der Waals surface area contributed by atoms with Crippen LogP contribution in [0.15, 0.2) is 91.0 Å². The van der Waals surface area contributed by atoms with Crippen molar-refractivity contribution in [2.24, 2.45) is 0 Å². The van der Waals surface area contributed by atoms with Crippen molar-refractivity contribution in [2.45, 2.75) is 25.6 Å². The summed E-state index contributed by atoms with van der Waals surface area (Å²) in [7, 11) is 0. The lowest BCUT2D eigenvalue weighted by Crippen LogP contribution is -2.37. The number of nitrogens with zero attached hydrogens (tertiary/aromatic N) is 1. The molecule has 1 heterocycles. The summed E-state index contributed by atoms with van der Waals surface area (Å²) in [5.74, 6) is -0.334. The van der Waals surface area contributed by atoms with Crippen molar-refractivity contribution in [2.75, 3.05) is 11.9 Å². The first-order chi connectivity index (χ1) is 18.7. The molecule has 0 saturated carbocycles. The van der Waals surface area contributed by atoms with E-state index < -0.39 is 11.7 Å². The molecule has 0 fully saturated rings. The van der Waals surface area contributed by atoms with Gasteiger partial charge in [0.15, 0.2) is 0 Å². The molecule has 4 aromatic rings. The number of hydrogen-bond acceptors (Lipinski definition) is 2. The minimum Gasteiger partial charge on any atom is -0.338 e. The zero-order chi connectivity index (χ0) is 27.6. The van der Waals surface area contributed by atoms with Crippen molar-refractivity contribution in [1.29, 1.82) is 0 Å². The van der Waals surface area contributed by atoms with Crippen LogP contribution >= 0.6 is 11.6 Å². The summed E-state index contributed by atoms with van der Waals surface area (Å²) in [4.78, 5) is 27.9. The molecule has 0 bridgehead atoms. The molecular formula is C31H24ClF3N2O2. The van der Waals surface area contributed by atoms with Gasteiger partial charge in [-0.1, -0.05) is 60.1 Å².